The van der Waals surface area contributed by atoms with Crippen molar-refractivity contribution in [3.63, 3.8) is 0 Å². The topological polar surface area (TPSA) is 49.4 Å². The van der Waals surface area contributed by atoms with Crippen molar-refractivity contribution in [2.75, 3.05) is 22.5 Å². The first-order valence-electron chi connectivity index (χ1n) is 6.71. The molecule has 1 aliphatic heterocycles. The van der Waals surface area contributed by atoms with Crippen molar-refractivity contribution in [3.05, 3.63) is 53.0 Å². The van der Waals surface area contributed by atoms with Crippen LogP contribution in [-0.2, 0) is 9.59 Å². The molecule has 1 N–H and O–H groups in total. The Labute approximate surface area is 141 Å². The van der Waals surface area contributed by atoms with Crippen molar-refractivity contribution in [2.45, 2.75) is 4.90 Å². The Morgan fingerprint density at radius 2 is 1.91 bits per heavy atom. The highest BCUT2D eigenvalue weighted by Gasteiger charge is 2.26. The van der Waals surface area contributed by atoms with Crippen molar-refractivity contribution in [2.24, 2.45) is 0 Å². The van der Waals surface area contributed by atoms with Gasteiger partial charge >= 0.3 is 0 Å². The van der Waals surface area contributed by atoms with E-state index in [0.717, 1.165) is 15.1 Å². The lowest BCUT2D eigenvalue weighted by atomic mass is 10.2. The van der Waals surface area contributed by atoms with E-state index in [0.29, 0.717) is 11.4 Å². The molecule has 2 amide bonds. The summed E-state index contributed by atoms with van der Waals surface area (Å²) in [6.45, 7) is 0.0203. The molecular formula is C16H13BrN2O2S. The summed E-state index contributed by atoms with van der Waals surface area (Å²) in [4.78, 5) is 26.9. The smallest absolute Gasteiger partial charge is 0.244 e. The maximum Gasteiger partial charge on any atom is 0.244 e. The largest absolute Gasteiger partial charge is 0.325 e. The minimum atomic E-state index is -0.211. The molecule has 0 fully saturated rings. The van der Waals surface area contributed by atoms with Crippen LogP contribution in [0.3, 0.4) is 0 Å². The highest BCUT2D eigenvalue weighted by molar-refractivity contribution is 9.10. The SMILES string of the molecule is O=C(CN1C(=O)CSc2ccccc21)Nc1ccc(Br)cc1. The van der Waals surface area contributed by atoms with Gasteiger partial charge in [-0.05, 0) is 36.4 Å². The van der Waals surface area contributed by atoms with Crippen LogP contribution >= 0.6 is 27.7 Å². The molecule has 0 radical (unpaired) electrons. The maximum absolute atomic E-state index is 12.2. The van der Waals surface area contributed by atoms with Gasteiger partial charge in [0.2, 0.25) is 11.8 Å². The Hall–Kier alpha value is -1.79. The van der Waals surface area contributed by atoms with Crippen LogP contribution < -0.4 is 10.2 Å². The Balaban J connectivity index is 1.73. The first-order valence-corrected chi connectivity index (χ1v) is 8.49. The van der Waals surface area contributed by atoms with Crippen molar-refractivity contribution in [1.29, 1.82) is 0 Å². The molecule has 0 aromatic heterocycles. The van der Waals surface area contributed by atoms with Gasteiger partial charge in [0.25, 0.3) is 0 Å². The molecule has 0 unspecified atom stereocenters. The summed E-state index contributed by atoms with van der Waals surface area (Å²) >= 11 is 4.85. The Morgan fingerprint density at radius 1 is 1.18 bits per heavy atom. The van der Waals surface area contributed by atoms with E-state index in [-0.39, 0.29) is 18.4 Å². The lowest BCUT2D eigenvalue weighted by Gasteiger charge is -2.28. The van der Waals surface area contributed by atoms with Crippen molar-refractivity contribution < 1.29 is 9.59 Å². The number of halogens is 1. The van der Waals surface area contributed by atoms with Crippen LogP contribution in [0.5, 0.6) is 0 Å². The van der Waals surface area contributed by atoms with Gasteiger partial charge in [-0.1, -0.05) is 28.1 Å². The van der Waals surface area contributed by atoms with Crippen LogP contribution in [0.1, 0.15) is 0 Å². The van der Waals surface area contributed by atoms with E-state index in [4.69, 9.17) is 0 Å². The molecule has 2 aromatic carbocycles. The molecule has 0 atom stereocenters. The van der Waals surface area contributed by atoms with E-state index in [2.05, 4.69) is 21.2 Å². The molecule has 0 aliphatic carbocycles. The van der Waals surface area contributed by atoms with Crippen LogP contribution in [0.25, 0.3) is 0 Å². The third-order valence-electron chi connectivity index (χ3n) is 3.24. The first-order chi connectivity index (χ1) is 10.6. The Bertz CT molecular complexity index is 718. The molecular weight excluding hydrogens is 364 g/mol. The molecule has 0 saturated carbocycles. The average molecular weight is 377 g/mol. The summed E-state index contributed by atoms with van der Waals surface area (Å²) < 4.78 is 0.947. The summed E-state index contributed by atoms with van der Waals surface area (Å²) in [6, 6.07) is 15.0. The molecule has 112 valence electrons. The zero-order valence-corrected chi connectivity index (χ0v) is 14.0. The number of carbonyl (C=O) groups is 2. The number of para-hydroxylation sites is 1. The standard InChI is InChI=1S/C16H13BrN2O2S/c17-11-5-7-12(8-6-11)18-15(20)9-19-13-3-1-2-4-14(13)22-10-16(19)21/h1-8H,9-10H2,(H,18,20). The predicted molar refractivity (Wildman–Crippen MR) is 92.3 cm³/mol. The molecule has 2 aromatic rings. The summed E-state index contributed by atoms with van der Waals surface area (Å²) in [5, 5.41) is 2.81. The number of anilines is 2. The van der Waals surface area contributed by atoms with Crippen LogP contribution in [0.15, 0.2) is 57.9 Å². The highest BCUT2D eigenvalue weighted by Crippen LogP contribution is 2.34. The number of fused-ring (bicyclic) bond motifs is 1. The van der Waals surface area contributed by atoms with Crippen molar-refractivity contribution >= 4 is 50.9 Å². The molecule has 6 heteroatoms. The average Bonchev–Trinajstić information content (AvgIpc) is 2.52. The van der Waals surface area contributed by atoms with E-state index in [1.165, 1.54) is 11.8 Å². The lowest BCUT2D eigenvalue weighted by molar-refractivity contribution is -0.120. The minimum Gasteiger partial charge on any atom is -0.325 e. The molecule has 0 spiro atoms. The zero-order valence-electron chi connectivity index (χ0n) is 11.6. The zero-order chi connectivity index (χ0) is 15.5. The second-order valence-corrected chi connectivity index (χ2v) is 6.72. The van der Waals surface area contributed by atoms with Crippen LogP contribution in [0.4, 0.5) is 11.4 Å². The van der Waals surface area contributed by atoms with Gasteiger partial charge in [0.1, 0.15) is 6.54 Å². The van der Waals surface area contributed by atoms with E-state index in [1.807, 2.05) is 48.5 Å². The molecule has 1 heterocycles. The monoisotopic (exact) mass is 376 g/mol. The number of nitrogens with zero attached hydrogens (tertiary/aromatic N) is 1. The van der Waals surface area contributed by atoms with Crippen molar-refractivity contribution in [3.8, 4) is 0 Å². The number of rotatable bonds is 3. The fraction of sp³-hybridized carbons (Fsp3) is 0.125. The van der Waals surface area contributed by atoms with Gasteiger partial charge < -0.3 is 10.2 Å². The number of hydrogen-bond donors (Lipinski definition) is 1. The summed E-state index contributed by atoms with van der Waals surface area (Å²) in [5.41, 5.74) is 1.51. The molecule has 22 heavy (non-hydrogen) atoms. The van der Waals surface area contributed by atoms with E-state index >= 15 is 0 Å². The van der Waals surface area contributed by atoms with Crippen LogP contribution in [0, 0.1) is 0 Å². The lowest BCUT2D eigenvalue weighted by Crippen LogP contribution is -2.41. The van der Waals surface area contributed by atoms with Gasteiger partial charge in [0, 0.05) is 15.1 Å². The molecule has 3 rings (SSSR count). The first kappa shape index (κ1) is 15.1. The number of hydrogen-bond acceptors (Lipinski definition) is 3. The van der Waals surface area contributed by atoms with Crippen LogP contribution in [-0.4, -0.2) is 24.1 Å². The highest BCUT2D eigenvalue weighted by atomic mass is 79.9. The number of nitrogens with one attached hydrogen (secondary N) is 1. The van der Waals surface area contributed by atoms with Crippen LogP contribution in [0.2, 0.25) is 0 Å². The van der Waals surface area contributed by atoms with Crippen molar-refractivity contribution in [1.82, 2.24) is 0 Å². The third-order valence-corrected chi connectivity index (χ3v) is 4.81. The Morgan fingerprint density at radius 3 is 2.68 bits per heavy atom. The number of benzene rings is 2. The van der Waals surface area contributed by atoms with Gasteiger partial charge in [-0.15, -0.1) is 11.8 Å². The van der Waals surface area contributed by atoms with E-state index in [1.54, 1.807) is 4.90 Å². The number of carbonyl (C=O) groups excluding carboxylic acids is 2. The minimum absolute atomic E-state index is 0.0203. The number of thioether (sulfide) groups is 1. The molecule has 0 saturated heterocycles. The van der Waals surface area contributed by atoms with Gasteiger partial charge in [-0.3, -0.25) is 9.59 Å². The second-order valence-electron chi connectivity index (χ2n) is 4.79. The summed E-state index contributed by atoms with van der Waals surface area (Å²) in [7, 11) is 0. The fourth-order valence-electron chi connectivity index (χ4n) is 2.20. The van der Waals surface area contributed by atoms with Gasteiger partial charge in [0.15, 0.2) is 0 Å². The van der Waals surface area contributed by atoms with E-state index in [9.17, 15) is 9.59 Å². The van der Waals surface area contributed by atoms with E-state index < -0.39 is 0 Å². The third kappa shape index (κ3) is 3.34. The van der Waals surface area contributed by atoms with Gasteiger partial charge in [0.05, 0.1) is 11.4 Å². The Kier molecular flexibility index (Phi) is 4.49. The summed E-state index contributed by atoms with van der Waals surface area (Å²) in [5.74, 6) is 0.106. The maximum atomic E-state index is 12.2. The second kappa shape index (κ2) is 6.54. The molecule has 0 bridgehead atoms. The van der Waals surface area contributed by atoms with Gasteiger partial charge in [-0.2, -0.15) is 0 Å². The summed E-state index contributed by atoms with van der Waals surface area (Å²) in [6.07, 6.45) is 0. The predicted octanol–water partition coefficient (Wildman–Crippen LogP) is 3.53. The molecule has 1 aliphatic rings. The quantitative estimate of drug-likeness (QED) is 0.891. The van der Waals surface area contributed by atoms with Gasteiger partial charge in [-0.25, -0.2) is 0 Å². The molecule has 4 nitrogen and oxygen atoms in total. The fourth-order valence-corrected chi connectivity index (χ4v) is 3.40. The number of amides is 2. The normalized spacial score (nSPS) is 13.7.